The number of nitrogens with one attached hydrogen (secondary N) is 1. The van der Waals surface area contributed by atoms with E-state index in [-0.39, 0.29) is 17.8 Å². The van der Waals surface area contributed by atoms with Crippen LogP contribution in [-0.2, 0) is 11.3 Å². The second-order valence-electron chi connectivity index (χ2n) is 4.81. The van der Waals surface area contributed by atoms with Crippen LogP contribution in [0.15, 0.2) is 24.3 Å². The van der Waals surface area contributed by atoms with Crippen molar-refractivity contribution in [1.29, 1.82) is 0 Å². The number of halogens is 1. The van der Waals surface area contributed by atoms with Crippen LogP contribution in [0.3, 0.4) is 0 Å². The van der Waals surface area contributed by atoms with Crippen LogP contribution in [0.5, 0.6) is 0 Å². The highest BCUT2D eigenvalue weighted by molar-refractivity contribution is 7.99. The molecule has 1 N–H and O–H groups in total. The van der Waals surface area contributed by atoms with Crippen molar-refractivity contribution < 1.29 is 9.18 Å². The van der Waals surface area contributed by atoms with Gasteiger partial charge in [-0.15, -0.1) is 0 Å². The molecule has 1 unspecified atom stereocenters. The van der Waals surface area contributed by atoms with Gasteiger partial charge in [-0.3, -0.25) is 4.79 Å². The lowest BCUT2D eigenvalue weighted by atomic mass is 10.1. The molecule has 0 aromatic heterocycles. The Hall–Kier alpha value is -1.07. The van der Waals surface area contributed by atoms with Crippen molar-refractivity contribution in [2.45, 2.75) is 19.0 Å². The molecule has 0 aliphatic carbocycles. The number of carbonyl (C=O) groups excluding carboxylic acids is 1. The van der Waals surface area contributed by atoms with E-state index in [0.717, 1.165) is 23.6 Å². The van der Waals surface area contributed by atoms with Gasteiger partial charge >= 0.3 is 0 Å². The van der Waals surface area contributed by atoms with E-state index in [0.29, 0.717) is 13.0 Å². The number of nitrogens with zero attached hydrogens (tertiary/aromatic N) is 1. The van der Waals surface area contributed by atoms with Gasteiger partial charge in [0.1, 0.15) is 5.82 Å². The van der Waals surface area contributed by atoms with Gasteiger partial charge in [-0.25, -0.2) is 4.39 Å². The summed E-state index contributed by atoms with van der Waals surface area (Å²) in [6.45, 7) is 1.50. The normalized spacial score (nSPS) is 19.2. The number of rotatable bonds is 4. The van der Waals surface area contributed by atoms with Crippen LogP contribution in [0, 0.1) is 5.82 Å². The third kappa shape index (κ3) is 4.51. The smallest absolute Gasteiger partial charge is 0.224 e. The van der Waals surface area contributed by atoms with E-state index in [2.05, 4.69) is 5.32 Å². The first-order valence-corrected chi connectivity index (χ1v) is 7.60. The molecule has 3 nitrogen and oxygen atoms in total. The number of hydrogen-bond acceptors (Lipinski definition) is 3. The Morgan fingerprint density at radius 3 is 2.84 bits per heavy atom. The Morgan fingerprint density at radius 2 is 2.21 bits per heavy atom. The lowest BCUT2D eigenvalue weighted by Crippen LogP contribution is -2.41. The van der Waals surface area contributed by atoms with Gasteiger partial charge in [0.25, 0.3) is 0 Å². The molecule has 1 atom stereocenters. The van der Waals surface area contributed by atoms with Gasteiger partial charge in [0.2, 0.25) is 5.91 Å². The van der Waals surface area contributed by atoms with Crippen LogP contribution in [0.25, 0.3) is 0 Å². The van der Waals surface area contributed by atoms with E-state index in [9.17, 15) is 9.18 Å². The first kappa shape index (κ1) is 14.3. The van der Waals surface area contributed by atoms with E-state index >= 15 is 0 Å². The highest BCUT2D eigenvalue weighted by atomic mass is 32.2. The lowest BCUT2D eigenvalue weighted by molar-refractivity contribution is -0.130. The largest absolute Gasteiger partial charge is 0.341 e. The average molecular weight is 282 g/mol. The van der Waals surface area contributed by atoms with E-state index in [1.165, 1.54) is 12.1 Å². The summed E-state index contributed by atoms with van der Waals surface area (Å²) in [5.74, 6) is 2.00. The van der Waals surface area contributed by atoms with Gasteiger partial charge in [0.15, 0.2) is 0 Å². The molecule has 0 bridgehead atoms. The summed E-state index contributed by atoms with van der Waals surface area (Å²) in [6, 6.07) is 6.56. The van der Waals surface area contributed by atoms with Gasteiger partial charge in [-0.1, -0.05) is 12.1 Å². The molecule has 0 saturated carbocycles. The molecule has 1 heterocycles. The molecule has 1 saturated heterocycles. The zero-order valence-electron chi connectivity index (χ0n) is 11.1. The fourth-order valence-corrected chi connectivity index (χ4v) is 3.02. The minimum Gasteiger partial charge on any atom is -0.341 e. The number of hydrogen-bond donors (Lipinski definition) is 1. The molecule has 1 aliphatic heterocycles. The zero-order chi connectivity index (χ0) is 13.7. The molecule has 19 heavy (non-hydrogen) atoms. The van der Waals surface area contributed by atoms with Crippen molar-refractivity contribution in [3.8, 4) is 0 Å². The zero-order valence-corrected chi connectivity index (χ0v) is 11.9. The van der Waals surface area contributed by atoms with Crippen LogP contribution in [-0.4, -0.2) is 41.9 Å². The molecule has 2 rings (SSSR count). The van der Waals surface area contributed by atoms with E-state index in [1.807, 2.05) is 11.8 Å². The van der Waals surface area contributed by atoms with Gasteiger partial charge in [0.05, 0.1) is 0 Å². The predicted octanol–water partition coefficient (Wildman–Crippen LogP) is 1.88. The van der Waals surface area contributed by atoms with Crippen LogP contribution in [0.1, 0.15) is 12.0 Å². The maximum Gasteiger partial charge on any atom is 0.224 e. The number of amides is 1. The standard InChI is InChI=1S/C14H19FN2OS/c1-17(9-11-2-4-12(15)5-3-11)14(18)8-13-10-19-7-6-16-13/h2-5,13,16H,6-10H2,1H3. The Labute approximate surface area is 117 Å². The maximum atomic E-state index is 12.8. The molecule has 1 aliphatic rings. The Bertz CT molecular complexity index is 418. The van der Waals surface area contributed by atoms with E-state index in [1.54, 1.807) is 24.1 Å². The minimum atomic E-state index is -0.249. The van der Waals surface area contributed by atoms with Gasteiger partial charge in [-0.2, -0.15) is 11.8 Å². The highest BCUT2D eigenvalue weighted by Gasteiger charge is 2.19. The molecule has 1 fully saturated rings. The monoisotopic (exact) mass is 282 g/mol. The second kappa shape index (κ2) is 6.91. The predicted molar refractivity (Wildman–Crippen MR) is 76.6 cm³/mol. The summed E-state index contributed by atoms with van der Waals surface area (Å²) in [5, 5.41) is 3.36. The fourth-order valence-electron chi connectivity index (χ4n) is 2.07. The third-order valence-corrected chi connectivity index (χ3v) is 4.31. The van der Waals surface area contributed by atoms with Gasteiger partial charge in [0, 0.05) is 44.1 Å². The number of benzene rings is 1. The maximum absolute atomic E-state index is 12.8. The van der Waals surface area contributed by atoms with Crippen LogP contribution >= 0.6 is 11.8 Å². The Kier molecular flexibility index (Phi) is 5.22. The molecule has 0 spiro atoms. The number of carbonyl (C=O) groups is 1. The summed E-state index contributed by atoms with van der Waals surface area (Å²) in [6.07, 6.45) is 0.532. The summed E-state index contributed by atoms with van der Waals surface area (Å²) in [4.78, 5) is 13.8. The van der Waals surface area contributed by atoms with Crippen molar-refractivity contribution in [2.24, 2.45) is 0 Å². The van der Waals surface area contributed by atoms with Gasteiger partial charge in [-0.05, 0) is 17.7 Å². The molecule has 1 aromatic rings. The molecular weight excluding hydrogens is 263 g/mol. The summed E-state index contributed by atoms with van der Waals surface area (Å²) >= 11 is 1.89. The molecular formula is C14H19FN2OS. The second-order valence-corrected chi connectivity index (χ2v) is 5.96. The van der Waals surface area contributed by atoms with Crippen LogP contribution in [0.2, 0.25) is 0 Å². The van der Waals surface area contributed by atoms with Crippen molar-refractivity contribution in [2.75, 3.05) is 25.1 Å². The average Bonchev–Trinajstić information content (AvgIpc) is 2.42. The van der Waals surface area contributed by atoms with E-state index in [4.69, 9.17) is 0 Å². The minimum absolute atomic E-state index is 0.129. The highest BCUT2D eigenvalue weighted by Crippen LogP contribution is 2.12. The topological polar surface area (TPSA) is 32.3 Å². The quantitative estimate of drug-likeness (QED) is 0.915. The molecule has 104 valence electrons. The van der Waals surface area contributed by atoms with Crippen molar-refractivity contribution in [1.82, 2.24) is 10.2 Å². The van der Waals surface area contributed by atoms with Crippen molar-refractivity contribution in [3.05, 3.63) is 35.6 Å². The SMILES string of the molecule is CN(Cc1ccc(F)cc1)C(=O)CC1CSCCN1. The summed E-state index contributed by atoms with van der Waals surface area (Å²) in [5.41, 5.74) is 0.947. The van der Waals surface area contributed by atoms with E-state index < -0.39 is 0 Å². The molecule has 1 amide bonds. The summed E-state index contributed by atoms with van der Waals surface area (Å²) < 4.78 is 12.8. The van der Waals surface area contributed by atoms with Crippen LogP contribution < -0.4 is 5.32 Å². The first-order valence-electron chi connectivity index (χ1n) is 6.44. The summed E-state index contributed by atoms with van der Waals surface area (Å²) in [7, 11) is 1.79. The molecule has 1 aromatic carbocycles. The molecule has 5 heteroatoms. The lowest BCUT2D eigenvalue weighted by Gasteiger charge is -2.25. The Balaban J connectivity index is 1.83. The van der Waals surface area contributed by atoms with Gasteiger partial charge < -0.3 is 10.2 Å². The number of thioether (sulfide) groups is 1. The fraction of sp³-hybridized carbons (Fsp3) is 0.500. The van der Waals surface area contributed by atoms with Crippen LogP contribution in [0.4, 0.5) is 4.39 Å². The van der Waals surface area contributed by atoms with Crippen molar-refractivity contribution in [3.63, 3.8) is 0 Å². The van der Waals surface area contributed by atoms with Crippen molar-refractivity contribution >= 4 is 17.7 Å². The Morgan fingerprint density at radius 1 is 1.47 bits per heavy atom. The first-order chi connectivity index (χ1) is 9.15. The molecule has 0 radical (unpaired) electrons. The third-order valence-electron chi connectivity index (χ3n) is 3.18.